The molecule has 1 aliphatic heterocycles. The maximum atomic E-state index is 11.5. The van der Waals surface area contributed by atoms with Gasteiger partial charge >= 0.3 is 0 Å². The molecule has 102 valence electrons. The van der Waals surface area contributed by atoms with E-state index >= 15 is 0 Å². The average molecular weight is 264 g/mol. The first kappa shape index (κ1) is 14.9. The molecule has 2 atom stereocenters. The van der Waals surface area contributed by atoms with Crippen molar-refractivity contribution in [2.75, 3.05) is 32.5 Å². The second-order valence-corrected chi connectivity index (χ2v) is 7.49. The minimum atomic E-state index is -3.09. The van der Waals surface area contributed by atoms with E-state index in [2.05, 4.69) is 0 Å². The maximum absolute atomic E-state index is 11.5. The molecule has 0 aromatic rings. The summed E-state index contributed by atoms with van der Waals surface area (Å²) in [4.78, 5) is 0. The smallest absolute Gasteiger partial charge is 0.211 e. The van der Waals surface area contributed by atoms with Gasteiger partial charge in [0.15, 0.2) is 0 Å². The first-order valence-electron chi connectivity index (χ1n) is 6.07. The van der Waals surface area contributed by atoms with E-state index in [0.29, 0.717) is 25.6 Å². The van der Waals surface area contributed by atoms with Gasteiger partial charge in [-0.15, -0.1) is 0 Å². The van der Waals surface area contributed by atoms with Crippen molar-refractivity contribution >= 4 is 10.0 Å². The highest BCUT2D eigenvalue weighted by atomic mass is 32.2. The van der Waals surface area contributed by atoms with E-state index in [0.717, 1.165) is 19.3 Å². The van der Waals surface area contributed by atoms with Crippen molar-refractivity contribution in [2.24, 2.45) is 17.1 Å². The van der Waals surface area contributed by atoms with Crippen LogP contribution in [-0.4, -0.2) is 50.3 Å². The lowest BCUT2D eigenvalue weighted by Gasteiger charge is -2.36. The van der Waals surface area contributed by atoms with E-state index in [-0.39, 0.29) is 12.0 Å². The fourth-order valence-corrected chi connectivity index (χ4v) is 3.35. The van der Waals surface area contributed by atoms with Crippen LogP contribution < -0.4 is 5.73 Å². The molecule has 2 unspecified atom stereocenters. The third-order valence-electron chi connectivity index (χ3n) is 3.61. The zero-order chi connectivity index (χ0) is 13.1. The summed E-state index contributed by atoms with van der Waals surface area (Å²) in [5.74, 6) is 0.305. The van der Waals surface area contributed by atoms with Gasteiger partial charge in [0, 0.05) is 25.1 Å². The molecule has 0 bridgehead atoms. The van der Waals surface area contributed by atoms with Crippen LogP contribution in [0.4, 0.5) is 0 Å². The second kappa shape index (κ2) is 5.65. The molecule has 0 saturated carbocycles. The number of aliphatic hydroxyl groups is 1. The lowest BCUT2D eigenvalue weighted by Crippen LogP contribution is -2.42. The number of piperidine rings is 1. The topological polar surface area (TPSA) is 83.6 Å². The molecule has 0 aliphatic carbocycles. The van der Waals surface area contributed by atoms with E-state index < -0.39 is 10.0 Å². The van der Waals surface area contributed by atoms with Crippen molar-refractivity contribution in [2.45, 2.75) is 26.2 Å². The quantitative estimate of drug-likeness (QED) is 0.732. The molecule has 5 nitrogen and oxygen atoms in total. The number of aliphatic hydroxyl groups excluding tert-OH is 1. The monoisotopic (exact) mass is 264 g/mol. The average Bonchev–Trinajstić information content (AvgIpc) is 2.28. The van der Waals surface area contributed by atoms with Gasteiger partial charge in [-0.25, -0.2) is 12.7 Å². The van der Waals surface area contributed by atoms with E-state index in [1.165, 1.54) is 10.6 Å². The number of sulfonamides is 1. The first-order valence-corrected chi connectivity index (χ1v) is 7.91. The van der Waals surface area contributed by atoms with Gasteiger partial charge in [0.25, 0.3) is 0 Å². The van der Waals surface area contributed by atoms with Crippen LogP contribution >= 0.6 is 0 Å². The predicted molar refractivity (Wildman–Crippen MR) is 68.0 cm³/mol. The Bertz CT molecular complexity index is 339. The van der Waals surface area contributed by atoms with Crippen LogP contribution in [0.1, 0.15) is 26.2 Å². The Morgan fingerprint density at radius 1 is 1.53 bits per heavy atom. The van der Waals surface area contributed by atoms with Crippen molar-refractivity contribution in [3.8, 4) is 0 Å². The van der Waals surface area contributed by atoms with Crippen LogP contribution in [0.15, 0.2) is 0 Å². The van der Waals surface area contributed by atoms with E-state index in [4.69, 9.17) is 5.73 Å². The van der Waals surface area contributed by atoms with E-state index in [1.54, 1.807) is 0 Å². The van der Waals surface area contributed by atoms with Gasteiger partial charge in [-0.1, -0.05) is 6.92 Å². The largest absolute Gasteiger partial charge is 0.396 e. The van der Waals surface area contributed by atoms with Gasteiger partial charge in [0.05, 0.1) is 6.26 Å². The molecule has 0 amide bonds. The zero-order valence-corrected chi connectivity index (χ0v) is 11.5. The minimum Gasteiger partial charge on any atom is -0.396 e. The maximum Gasteiger partial charge on any atom is 0.211 e. The summed E-state index contributed by atoms with van der Waals surface area (Å²) in [6, 6.07) is 0. The van der Waals surface area contributed by atoms with Crippen LogP contribution in [0.5, 0.6) is 0 Å². The Balaban J connectivity index is 2.62. The molecule has 3 N–H and O–H groups in total. The summed E-state index contributed by atoms with van der Waals surface area (Å²) < 4.78 is 24.5. The summed E-state index contributed by atoms with van der Waals surface area (Å²) in [6.45, 7) is 3.62. The highest BCUT2D eigenvalue weighted by Gasteiger charge is 2.31. The summed E-state index contributed by atoms with van der Waals surface area (Å²) in [5, 5.41) is 9.33. The van der Waals surface area contributed by atoms with Gasteiger partial charge in [-0.05, 0) is 31.7 Å². The summed E-state index contributed by atoms with van der Waals surface area (Å²) in [6.07, 6.45) is 3.95. The first-order chi connectivity index (χ1) is 7.80. The van der Waals surface area contributed by atoms with Crippen LogP contribution in [0.3, 0.4) is 0 Å². The highest BCUT2D eigenvalue weighted by molar-refractivity contribution is 7.88. The van der Waals surface area contributed by atoms with Crippen LogP contribution in [-0.2, 0) is 10.0 Å². The molecule has 17 heavy (non-hydrogen) atoms. The zero-order valence-electron chi connectivity index (χ0n) is 10.7. The fraction of sp³-hybridized carbons (Fsp3) is 1.00. The number of hydrogen-bond donors (Lipinski definition) is 2. The molecule has 1 heterocycles. The molecule has 1 fully saturated rings. The Morgan fingerprint density at radius 3 is 2.65 bits per heavy atom. The predicted octanol–water partition coefficient (Wildman–Crippen LogP) is 0.00540. The van der Waals surface area contributed by atoms with Crippen molar-refractivity contribution in [1.82, 2.24) is 4.31 Å². The second-order valence-electron chi connectivity index (χ2n) is 5.51. The molecule has 1 saturated heterocycles. The molecule has 0 spiro atoms. The van der Waals surface area contributed by atoms with Gasteiger partial charge in [0.1, 0.15) is 0 Å². The van der Waals surface area contributed by atoms with Gasteiger partial charge in [0.2, 0.25) is 10.0 Å². The van der Waals surface area contributed by atoms with Crippen molar-refractivity contribution in [3.63, 3.8) is 0 Å². The van der Waals surface area contributed by atoms with Gasteiger partial charge in [-0.2, -0.15) is 0 Å². The molecule has 0 aromatic carbocycles. The summed E-state index contributed by atoms with van der Waals surface area (Å²) >= 11 is 0. The lowest BCUT2D eigenvalue weighted by molar-refractivity contribution is 0.103. The number of rotatable bonds is 5. The van der Waals surface area contributed by atoms with Crippen LogP contribution in [0.25, 0.3) is 0 Å². The molecular weight excluding hydrogens is 240 g/mol. The SMILES string of the molecule is CC(CN)(CO)CC1CCCN(S(C)(=O)=O)C1. The Labute approximate surface area is 104 Å². The molecule has 0 radical (unpaired) electrons. The Hall–Kier alpha value is -0.170. The standard InChI is InChI=1S/C11H24N2O3S/c1-11(8-12,9-14)6-10-4-3-5-13(7-10)17(2,15)16/h10,14H,3-9,12H2,1-2H3. The Kier molecular flexibility index (Phi) is 4.95. The van der Waals surface area contributed by atoms with Gasteiger partial charge in [-0.3, -0.25) is 0 Å². The number of nitrogens with two attached hydrogens (primary N) is 1. The highest BCUT2D eigenvalue weighted by Crippen LogP contribution is 2.30. The lowest BCUT2D eigenvalue weighted by atomic mass is 9.79. The third-order valence-corrected chi connectivity index (χ3v) is 4.88. The number of nitrogens with zero attached hydrogens (tertiary/aromatic N) is 1. The van der Waals surface area contributed by atoms with Crippen molar-refractivity contribution < 1.29 is 13.5 Å². The molecule has 1 aliphatic rings. The molecule has 6 heteroatoms. The molecular formula is C11H24N2O3S. The summed E-state index contributed by atoms with van der Waals surface area (Å²) in [7, 11) is -3.09. The van der Waals surface area contributed by atoms with Crippen LogP contribution in [0.2, 0.25) is 0 Å². The van der Waals surface area contributed by atoms with Crippen molar-refractivity contribution in [3.05, 3.63) is 0 Å². The fourth-order valence-electron chi connectivity index (χ4n) is 2.40. The summed E-state index contributed by atoms with van der Waals surface area (Å²) in [5.41, 5.74) is 5.38. The van der Waals surface area contributed by atoms with Crippen molar-refractivity contribution in [1.29, 1.82) is 0 Å². The van der Waals surface area contributed by atoms with Gasteiger partial charge < -0.3 is 10.8 Å². The molecule has 1 rings (SSSR count). The number of hydrogen-bond acceptors (Lipinski definition) is 4. The minimum absolute atomic E-state index is 0.0544. The Morgan fingerprint density at radius 2 is 2.18 bits per heavy atom. The third kappa shape index (κ3) is 4.21. The van der Waals surface area contributed by atoms with E-state index in [9.17, 15) is 13.5 Å². The van der Waals surface area contributed by atoms with E-state index in [1.807, 2.05) is 6.92 Å². The molecule has 0 aromatic heterocycles. The van der Waals surface area contributed by atoms with Crippen LogP contribution in [0, 0.1) is 11.3 Å². The normalized spacial score (nSPS) is 26.7.